The van der Waals surface area contributed by atoms with Crippen molar-refractivity contribution in [2.24, 2.45) is 0 Å². The first-order valence-electron chi connectivity index (χ1n) is 8.36. The van der Waals surface area contributed by atoms with Crippen molar-refractivity contribution >= 4 is 35.2 Å². The van der Waals surface area contributed by atoms with Crippen molar-refractivity contribution in [1.29, 1.82) is 0 Å². The standard InChI is InChI=1S/C18H20ClN3O4S/c1-9-13(14(22-26-9)10-6-4-5-7-11(10)19)16(23)20-8-12-21-15(17(24)25)18(2,3)27-12/h4-7,12,15,21H,8H2,1-3H3,(H,20,23)(H,24,25)/t12?,15-/m0/s1. The third kappa shape index (κ3) is 3.97. The van der Waals surface area contributed by atoms with E-state index in [9.17, 15) is 14.7 Å². The highest BCUT2D eigenvalue weighted by Gasteiger charge is 2.45. The minimum absolute atomic E-state index is 0.214. The molecule has 7 nitrogen and oxygen atoms in total. The number of rotatable bonds is 5. The molecular formula is C18H20ClN3O4S. The van der Waals surface area contributed by atoms with Gasteiger partial charge in [-0.05, 0) is 26.8 Å². The molecule has 0 radical (unpaired) electrons. The summed E-state index contributed by atoms with van der Waals surface area (Å²) >= 11 is 7.70. The largest absolute Gasteiger partial charge is 0.480 e. The van der Waals surface area contributed by atoms with Gasteiger partial charge in [0.2, 0.25) is 0 Å². The van der Waals surface area contributed by atoms with Gasteiger partial charge >= 0.3 is 5.97 Å². The van der Waals surface area contributed by atoms with Gasteiger partial charge in [-0.25, -0.2) is 0 Å². The topological polar surface area (TPSA) is 104 Å². The van der Waals surface area contributed by atoms with Crippen LogP contribution < -0.4 is 10.6 Å². The van der Waals surface area contributed by atoms with Crippen LogP contribution in [0.3, 0.4) is 0 Å². The SMILES string of the molecule is Cc1onc(-c2ccccc2Cl)c1C(=O)NCC1N[C@@H](C(=O)O)C(C)(C)S1. The van der Waals surface area contributed by atoms with Gasteiger partial charge in [0.05, 0.1) is 10.4 Å². The lowest BCUT2D eigenvalue weighted by Crippen LogP contribution is -2.46. The molecule has 2 atom stereocenters. The lowest BCUT2D eigenvalue weighted by Gasteiger charge is -2.20. The lowest BCUT2D eigenvalue weighted by molar-refractivity contribution is -0.139. The predicted octanol–water partition coefficient (Wildman–Crippen LogP) is 2.93. The summed E-state index contributed by atoms with van der Waals surface area (Å²) in [5.74, 6) is -0.863. The molecule has 1 aliphatic heterocycles. The number of hydrogen-bond acceptors (Lipinski definition) is 6. The summed E-state index contributed by atoms with van der Waals surface area (Å²) in [5.41, 5.74) is 1.31. The molecule has 2 heterocycles. The van der Waals surface area contributed by atoms with Gasteiger partial charge < -0.3 is 14.9 Å². The maximum Gasteiger partial charge on any atom is 0.322 e. The number of amides is 1. The average molecular weight is 410 g/mol. The second-order valence-electron chi connectivity index (χ2n) is 6.80. The van der Waals surface area contributed by atoms with Gasteiger partial charge in [0.1, 0.15) is 23.1 Å². The Hall–Kier alpha value is -2.03. The summed E-state index contributed by atoms with van der Waals surface area (Å²) in [6, 6.07) is 6.41. The lowest BCUT2D eigenvalue weighted by atomic mass is 10.0. The summed E-state index contributed by atoms with van der Waals surface area (Å²) in [7, 11) is 0. The summed E-state index contributed by atoms with van der Waals surface area (Å²) < 4.78 is 4.74. The fraction of sp³-hybridized carbons (Fsp3) is 0.389. The average Bonchev–Trinajstić information content (AvgIpc) is 3.12. The number of carbonyl (C=O) groups is 2. The van der Waals surface area contributed by atoms with Crippen molar-refractivity contribution in [3.63, 3.8) is 0 Å². The molecular weight excluding hydrogens is 390 g/mol. The van der Waals surface area contributed by atoms with Gasteiger partial charge in [0, 0.05) is 16.9 Å². The number of carbonyl (C=O) groups excluding carboxylic acids is 1. The van der Waals surface area contributed by atoms with Gasteiger partial charge in [-0.1, -0.05) is 35.0 Å². The molecule has 1 unspecified atom stereocenters. The fourth-order valence-corrected chi connectivity index (χ4v) is 4.71. The van der Waals surface area contributed by atoms with Crippen molar-refractivity contribution in [3.8, 4) is 11.3 Å². The minimum atomic E-state index is -0.905. The van der Waals surface area contributed by atoms with Crippen molar-refractivity contribution in [3.05, 3.63) is 40.6 Å². The number of carboxylic acids is 1. The van der Waals surface area contributed by atoms with Crippen LogP contribution in [0.4, 0.5) is 0 Å². The molecule has 0 saturated carbocycles. The zero-order chi connectivity index (χ0) is 19.8. The van der Waals surface area contributed by atoms with Gasteiger partial charge in [-0.2, -0.15) is 0 Å². The number of thioether (sulfide) groups is 1. The van der Waals surface area contributed by atoms with Crippen molar-refractivity contribution in [2.45, 2.75) is 36.9 Å². The highest BCUT2D eigenvalue weighted by atomic mass is 35.5. The van der Waals surface area contributed by atoms with E-state index in [1.165, 1.54) is 11.8 Å². The van der Waals surface area contributed by atoms with Crippen LogP contribution in [0.5, 0.6) is 0 Å². The Kier molecular flexibility index (Phi) is 5.50. The maximum absolute atomic E-state index is 12.8. The second kappa shape index (κ2) is 7.53. The van der Waals surface area contributed by atoms with Crippen LogP contribution in [0.25, 0.3) is 11.3 Å². The van der Waals surface area contributed by atoms with Gasteiger partial charge in [-0.3, -0.25) is 14.9 Å². The third-order valence-corrected chi connectivity index (χ3v) is 6.17. The van der Waals surface area contributed by atoms with Crippen molar-refractivity contribution < 1.29 is 19.2 Å². The van der Waals surface area contributed by atoms with Crippen LogP contribution in [0.2, 0.25) is 5.02 Å². The highest BCUT2D eigenvalue weighted by molar-refractivity contribution is 8.01. The van der Waals surface area contributed by atoms with Crippen LogP contribution >= 0.6 is 23.4 Å². The molecule has 1 fully saturated rings. The van der Waals surface area contributed by atoms with E-state index in [1.54, 1.807) is 31.2 Å². The summed E-state index contributed by atoms with van der Waals surface area (Å²) in [6.07, 6.45) is 0. The van der Waals surface area contributed by atoms with Crippen LogP contribution in [0.15, 0.2) is 28.8 Å². The zero-order valence-corrected chi connectivity index (χ0v) is 16.6. The Bertz CT molecular complexity index is 883. The molecule has 9 heteroatoms. The van der Waals surface area contributed by atoms with E-state index in [-0.39, 0.29) is 17.8 Å². The Labute approximate surface area is 165 Å². The van der Waals surface area contributed by atoms with Crippen LogP contribution in [0, 0.1) is 6.92 Å². The van der Waals surface area contributed by atoms with Gasteiger partial charge in [0.25, 0.3) is 5.91 Å². The number of aryl methyl sites for hydroxylation is 1. The molecule has 1 amide bonds. The van der Waals surface area contributed by atoms with E-state index < -0.39 is 16.8 Å². The molecule has 1 aromatic heterocycles. The highest BCUT2D eigenvalue weighted by Crippen LogP contribution is 2.37. The Balaban J connectivity index is 1.74. The number of nitrogens with one attached hydrogen (secondary N) is 2. The predicted molar refractivity (Wildman–Crippen MR) is 104 cm³/mol. The number of carboxylic acid groups (broad SMARTS) is 1. The summed E-state index contributed by atoms with van der Waals surface area (Å²) in [6.45, 7) is 5.66. The number of aromatic nitrogens is 1. The molecule has 1 saturated heterocycles. The van der Waals surface area contributed by atoms with Crippen molar-refractivity contribution in [1.82, 2.24) is 15.8 Å². The van der Waals surface area contributed by atoms with Crippen LogP contribution in [-0.4, -0.2) is 44.8 Å². The Morgan fingerprint density at radius 3 is 2.74 bits per heavy atom. The zero-order valence-electron chi connectivity index (χ0n) is 15.1. The molecule has 1 aliphatic rings. The molecule has 1 aromatic carbocycles. The summed E-state index contributed by atoms with van der Waals surface area (Å²) in [4.78, 5) is 24.1. The normalized spacial score (nSPS) is 21.2. The molecule has 2 aromatic rings. The number of aliphatic carboxylic acids is 1. The maximum atomic E-state index is 12.8. The molecule has 0 bridgehead atoms. The molecule has 0 spiro atoms. The minimum Gasteiger partial charge on any atom is -0.480 e. The van der Waals surface area contributed by atoms with E-state index in [1.807, 2.05) is 13.8 Å². The van der Waals surface area contributed by atoms with E-state index in [0.29, 0.717) is 27.6 Å². The number of benzene rings is 1. The van der Waals surface area contributed by atoms with Gasteiger partial charge in [-0.15, -0.1) is 11.8 Å². The third-order valence-electron chi connectivity index (χ3n) is 4.41. The van der Waals surface area contributed by atoms with Crippen molar-refractivity contribution in [2.75, 3.05) is 6.54 Å². The van der Waals surface area contributed by atoms with E-state index >= 15 is 0 Å². The van der Waals surface area contributed by atoms with Crippen LogP contribution in [-0.2, 0) is 4.79 Å². The number of nitrogens with zero attached hydrogens (tertiary/aromatic N) is 1. The molecule has 3 N–H and O–H groups in total. The quantitative estimate of drug-likeness (QED) is 0.697. The van der Waals surface area contributed by atoms with E-state index in [0.717, 1.165) is 0 Å². The smallest absolute Gasteiger partial charge is 0.322 e. The number of halogens is 1. The second-order valence-corrected chi connectivity index (χ2v) is 9.06. The summed E-state index contributed by atoms with van der Waals surface area (Å²) in [5, 5.41) is 19.4. The first-order chi connectivity index (χ1) is 12.7. The Morgan fingerprint density at radius 1 is 1.41 bits per heavy atom. The van der Waals surface area contributed by atoms with Crippen LogP contribution in [0.1, 0.15) is 30.0 Å². The first kappa shape index (κ1) is 19.7. The monoisotopic (exact) mass is 409 g/mol. The molecule has 3 rings (SSSR count). The van der Waals surface area contributed by atoms with E-state index in [2.05, 4.69) is 15.8 Å². The number of hydrogen-bond donors (Lipinski definition) is 3. The molecule has 144 valence electrons. The first-order valence-corrected chi connectivity index (χ1v) is 9.62. The van der Waals surface area contributed by atoms with Gasteiger partial charge in [0.15, 0.2) is 0 Å². The molecule has 27 heavy (non-hydrogen) atoms. The molecule has 0 aliphatic carbocycles. The van der Waals surface area contributed by atoms with E-state index in [4.69, 9.17) is 16.1 Å². The Morgan fingerprint density at radius 2 is 2.11 bits per heavy atom. The fourth-order valence-electron chi connectivity index (χ4n) is 3.07.